The Kier molecular flexibility index (Phi) is 2.74. The molecule has 2 aromatic rings. The highest BCUT2D eigenvalue weighted by molar-refractivity contribution is 5.55. The van der Waals surface area contributed by atoms with E-state index < -0.39 is 6.10 Å². The molecule has 0 bridgehead atoms. The lowest BCUT2D eigenvalue weighted by Crippen LogP contribution is -2.54. The molecule has 26 heavy (non-hydrogen) atoms. The summed E-state index contributed by atoms with van der Waals surface area (Å²) < 4.78 is 23.1. The maximum Gasteiger partial charge on any atom is 0.231 e. The van der Waals surface area contributed by atoms with Crippen LogP contribution < -0.4 is 18.9 Å². The number of fused-ring (bicyclic) bond motifs is 7. The minimum Gasteiger partial charge on any atom is -0.454 e. The second-order valence-electron chi connectivity index (χ2n) is 7.77. The lowest BCUT2D eigenvalue weighted by atomic mass is 9.79. The number of likely N-dealkylation sites (N-methyl/N-ethyl adjacent to an activating group) is 1. The molecule has 6 nitrogen and oxygen atoms in total. The van der Waals surface area contributed by atoms with Gasteiger partial charge in [-0.15, -0.1) is 0 Å². The van der Waals surface area contributed by atoms with Crippen molar-refractivity contribution < 1.29 is 28.5 Å². The van der Waals surface area contributed by atoms with Gasteiger partial charge in [-0.25, -0.2) is 0 Å². The average molecular weight is 354 g/mol. The summed E-state index contributed by atoms with van der Waals surface area (Å²) in [6, 6.07) is 8.02. The molecule has 0 amide bonds. The molecular formula is C20H20NO5+. The van der Waals surface area contributed by atoms with Crippen LogP contribution in [0, 0.1) is 0 Å². The van der Waals surface area contributed by atoms with Gasteiger partial charge < -0.3 is 28.5 Å². The van der Waals surface area contributed by atoms with Crippen LogP contribution in [0.2, 0.25) is 0 Å². The second-order valence-corrected chi connectivity index (χ2v) is 7.77. The topological polar surface area (TPSA) is 57.2 Å². The van der Waals surface area contributed by atoms with Gasteiger partial charge in [0.05, 0.1) is 19.2 Å². The summed E-state index contributed by atoms with van der Waals surface area (Å²) in [5.41, 5.74) is 4.44. The Bertz CT molecular complexity index is 942. The minimum absolute atomic E-state index is 0.0267. The van der Waals surface area contributed by atoms with Gasteiger partial charge in [0.15, 0.2) is 23.0 Å². The fraction of sp³-hybridized carbons (Fsp3) is 0.400. The summed E-state index contributed by atoms with van der Waals surface area (Å²) in [7, 11) is 2.22. The third-order valence-electron chi connectivity index (χ3n) is 6.33. The number of ether oxygens (including phenoxy) is 4. The van der Waals surface area contributed by atoms with E-state index >= 15 is 0 Å². The van der Waals surface area contributed by atoms with Crippen LogP contribution >= 0.6 is 0 Å². The number of quaternary nitrogens is 1. The number of hydrogen-bond acceptors (Lipinski definition) is 5. The standard InChI is InChI=1S/C20H20NO5/c1-21-5-4-11-6-16-17(25-9-24-16)7-13(11)18(21)19(22)12-2-3-15-20(14(12)8-21)26-10-23-15/h2-3,6-7,18-19,22H,4-5,8-10H2,1H3/q+1. The van der Waals surface area contributed by atoms with Crippen molar-refractivity contribution in [3.8, 4) is 23.0 Å². The smallest absolute Gasteiger partial charge is 0.231 e. The summed E-state index contributed by atoms with van der Waals surface area (Å²) >= 11 is 0. The Balaban J connectivity index is 1.53. The summed E-state index contributed by atoms with van der Waals surface area (Å²) in [5.74, 6) is 3.17. The highest BCUT2D eigenvalue weighted by Crippen LogP contribution is 2.54. The van der Waals surface area contributed by atoms with Crippen LogP contribution in [-0.2, 0) is 13.0 Å². The van der Waals surface area contributed by atoms with E-state index in [1.54, 1.807) is 0 Å². The predicted molar refractivity (Wildman–Crippen MR) is 91.3 cm³/mol. The number of rotatable bonds is 0. The SMILES string of the molecule is C[N+]12CCc3cc4c(cc3C1C(O)c1ccc3c(c1C2)OCO3)OCO4. The normalized spacial score (nSPS) is 29.8. The Morgan fingerprint density at radius 2 is 1.73 bits per heavy atom. The molecule has 3 unspecified atom stereocenters. The Morgan fingerprint density at radius 1 is 0.962 bits per heavy atom. The average Bonchev–Trinajstić information content (AvgIpc) is 3.28. The molecule has 6 heteroatoms. The molecule has 1 N–H and O–H groups in total. The fourth-order valence-corrected chi connectivity index (χ4v) is 5.05. The van der Waals surface area contributed by atoms with Crippen molar-refractivity contribution in [2.24, 2.45) is 0 Å². The number of aliphatic hydroxyl groups is 1. The monoisotopic (exact) mass is 354 g/mol. The van der Waals surface area contributed by atoms with E-state index in [1.165, 1.54) is 11.1 Å². The lowest BCUT2D eigenvalue weighted by Gasteiger charge is -2.50. The predicted octanol–water partition coefficient (Wildman–Crippen LogP) is 2.43. The van der Waals surface area contributed by atoms with Gasteiger partial charge in [-0.05, 0) is 29.3 Å². The summed E-state index contributed by atoms with van der Waals surface area (Å²) in [6.45, 7) is 2.29. The number of benzene rings is 2. The molecule has 4 aliphatic rings. The molecule has 2 aromatic carbocycles. The van der Waals surface area contributed by atoms with Crippen LogP contribution in [0.3, 0.4) is 0 Å². The fourth-order valence-electron chi connectivity index (χ4n) is 5.05. The maximum absolute atomic E-state index is 11.4. The molecule has 0 saturated carbocycles. The summed E-state index contributed by atoms with van der Waals surface area (Å²) in [5, 5.41) is 11.4. The highest BCUT2D eigenvalue weighted by atomic mass is 16.7. The van der Waals surface area contributed by atoms with Gasteiger partial charge >= 0.3 is 0 Å². The van der Waals surface area contributed by atoms with Crippen LogP contribution in [0.15, 0.2) is 24.3 Å². The third kappa shape index (κ3) is 1.78. The number of nitrogens with zero attached hydrogens (tertiary/aromatic N) is 1. The van der Waals surface area contributed by atoms with Gasteiger partial charge in [0.25, 0.3) is 0 Å². The quantitative estimate of drug-likeness (QED) is 0.737. The molecule has 3 atom stereocenters. The summed E-state index contributed by atoms with van der Waals surface area (Å²) in [4.78, 5) is 0. The molecule has 0 fully saturated rings. The Hall–Kier alpha value is -2.44. The van der Waals surface area contributed by atoms with E-state index in [9.17, 15) is 5.11 Å². The zero-order chi connectivity index (χ0) is 17.5. The van der Waals surface area contributed by atoms with Crippen LogP contribution in [0.25, 0.3) is 0 Å². The van der Waals surface area contributed by atoms with Gasteiger partial charge in [0, 0.05) is 12.0 Å². The first-order valence-electron chi connectivity index (χ1n) is 9.00. The van der Waals surface area contributed by atoms with Crippen molar-refractivity contribution in [1.82, 2.24) is 0 Å². The third-order valence-corrected chi connectivity index (χ3v) is 6.33. The molecule has 4 heterocycles. The molecule has 0 radical (unpaired) electrons. The van der Waals surface area contributed by atoms with Crippen molar-refractivity contribution in [3.05, 3.63) is 46.5 Å². The molecule has 134 valence electrons. The van der Waals surface area contributed by atoms with Crippen LogP contribution in [0.4, 0.5) is 0 Å². The Labute approximate surface area is 151 Å². The number of hydrogen-bond donors (Lipinski definition) is 1. The van der Waals surface area contributed by atoms with Crippen molar-refractivity contribution >= 4 is 0 Å². The van der Waals surface area contributed by atoms with E-state index in [2.05, 4.69) is 19.2 Å². The van der Waals surface area contributed by atoms with Crippen LogP contribution in [-0.4, -0.2) is 36.8 Å². The molecule has 0 saturated heterocycles. The second kappa shape index (κ2) is 4.84. The zero-order valence-corrected chi connectivity index (χ0v) is 14.5. The lowest BCUT2D eigenvalue weighted by molar-refractivity contribution is -0.960. The molecule has 6 rings (SSSR count). The van der Waals surface area contributed by atoms with Crippen molar-refractivity contribution in [3.63, 3.8) is 0 Å². The number of aliphatic hydroxyl groups excluding tert-OH is 1. The van der Waals surface area contributed by atoms with E-state index in [0.717, 1.165) is 58.1 Å². The van der Waals surface area contributed by atoms with E-state index in [0.29, 0.717) is 0 Å². The van der Waals surface area contributed by atoms with Crippen molar-refractivity contribution in [1.29, 1.82) is 0 Å². The Morgan fingerprint density at radius 3 is 2.62 bits per heavy atom. The van der Waals surface area contributed by atoms with Crippen molar-refractivity contribution in [2.75, 3.05) is 27.2 Å². The molecule has 0 spiro atoms. The van der Waals surface area contributed by atoms with E-state index in [-0.39, 0.29) is 19.6 Å². The minimum atomic E-state index is -0.599. The van der Waals surface area contributed by atoms with Gasteiger partial charge in [-0.3, -0.25) is 0 Å². The first kappa shape index (κ1) is 14.7. The van der Waals surface area contributed by atoms with Gasteiger partial charge in [-0.2, -0.15) is 0 Å². The van der Waals surface area contributed by atoms with E-state index in [1.807, 2.05) is 12.1 Å². The van der Waals surface area contributed by atoms with Gasteiger partial charge in [0.1, 0.15) is 18.7 Å². The zero-order valence-electron chi connectivity index (χ0n) is 14.5. The highest BCUT2D eigenvalue weighted by Gasteiger charge is 2.50. The molecule has 0 aliphatic carbocycles. The maximum atomic E-state index is 11.4. The summed E-state index contributed by atoms with van der Waals surface area (Å²) in [6.07, 6.45) is 0.352. The molecular weight excluding hydrogens is 334 g/mol. The van der Waals surface area contributed by atoms with Crippen molar-refractivity contribution in [2.45, 2.75) is 25.1 Å². The first-order chi connectivity index (χ1) is 12.6. The van der Waals surface area contributed by atoms with Gasteiger partial charge in [0.2, 0.25) is 13.6 Å². The molecule has 4 aliphatic heterocycles. The van der Waals surface area contributed by atoms with Gasteiger partial charge in [-0.1, -0.05) is 6.07 Å². The van der Waals surface area contributed by atoms with Crippen LogP contribution in [0.1, 0.15) is 34.4 Å². The largest absolute Gasteiger partial charge is 0.454 e. The molecule has 0 aromatic heterocycles. The first-order valence-corrected chi connectivity index (χ1v) is 9.00. The van der Waals surface area contributed by atoms with Crippen LogP contribution in [0.5, 0.6) is 23.0 Å². The van der Waals surface area contributed by atoms with E-state index in [4.69, 9.17) is 18.9 Å².